The molecular weight excluding hydrogens is 180 g/mol. The Labute approximate surface area is 82.6 Å². The second-order valence-electron chi connectivity index (χ2n) is 2.90. The summed E-state index contributed by atoms with van der Waals surface area (Å²) in [5.41, 5.74) is 8.96. The summed E-state index contributed by atoms with van der Waals surface area (Å²) in [6, 6.07) is 5.83. The molecule has 1 heterocycles. The highest BCUT2D eigenvalue weighted by Gasteiger charge is 1.94. The number of hydroxylamine groups is 1. The van der Waals surface area contributed by atoms with E-state index in [4.69, 9.17) is 10.9 Å². The maximum absolute atomic E-state index is 8.35. The van der Waals surface area contributed by atoms with E-state index in [2.05, 4.69) is 9.98 Å². The van der Waals surface area contributed by atoms with E-state index >= 15 is 0 Å². The van der Waals surface area contributed by atoms with Crippen LogP contribution in [0.1, 0.15) is 11.4 Å². The van der Waals surface area contributed by atoms with E-state index in [-0.39, 0.29) is 5.96 Å². The summed E-state index contributed by atoms with van der Waals surface area (Å²) in [4.78, 5) is 8.16. The third-order valence-corrected chi connectivity index (χ3v) is 1.71. The van der Waals surface area contributed by atoms with Crippen molar-refractivity contribution in [1.82, 2.24) is 10.5 Å². The van der Waals surface area contributed by atoms with E-state index in [1.165, 1.54) is 0 Å². The molecule has 0 radical (unpaired) electrons. The van der Waals surface area contributed by atoms with Crippen molar-refractivity contribution >= 4 is 5.96 Å². The lowest BCUT2D eigenvalue weighted by molar-refractivity contribution is 0.232. The number of nitrogens with zero attached hydrogens (tertiary/aromatic N) is 2. The SMILES string of the molecule is Cc1cccc(CCN=C(N)NO)n1. The first kappa shape index (κ1) is 10.5. The lowest BCUT2D eigenvalue weighted by Crippen LogP contribution is -2.28. The number of nitrogens with two attached hydrogens (primary N) is 1. The number of hydrogen-bond acceptors (Lipinski definition) is 3. The Morgan fingerprint density at radius 3 is 3.07 bits per heavy atom. The van der Waals surface area contributed by atoms with Gasteiger partial charge in [0.2, 0.25) is 5.96 Å². The average molecular weight is 194 g/mol. The molecule has 0 saturated carbocycles. The van der Waals surface area contributed by atoms with Gasteiger partial charge < -0.3 is 5.73 Å². The number of aromatic nitrogens is 1. The minimum atomic E-state index is 0.0256. The zero-order chi connectivity index (χ0) is 10.4. The first-order valence-electron chi connectivity index (χ1n) is 4.35. The second kappa shape index (κ2) is 5.18. The molecule has 4 N–H and O–H groups in total. The van der Waals surface area contributed by atoms with E-state index in [9.17, 15) is 0 Å². The van der Waals surface area contributed by atoms with Crippen LogP contribution in [-0.2, 0) is 6.42 Å². The van der Waals surface area contributed by atoms with Gasteiger partial charge in [0.05, 0.1) is 0 Å². The fourth-order valence-corrected chi connectivity index (χ4v) is 1.06. The van der Waals surface area contributed by atoms with E-state index in [1.807, 2.05) is 25.1 Å². The minimum Gasteiger partial charge on any atom is -0.368 e. The molecule has 0 amide bonds. The fourth-order valence-electron chi connectivity index (χ4n) is 1.06. The van der Waals surface area contributed by atoms with E-state index in [0.29, 0.717) is 13.0 Å². The Bertz CT molecular complexity index is 324. The van der Waals surface area contributed by atoms with Crippen molar-refractivity contribution in [2.24, 2.45) is 10.7 Å². The molecule has 5 nitrogen and oxygen atoms in total. The fraction of sp³-hybridized carbons (Fsp3) is 0.333. The molecule has 0 fully saturated rings. The van der Waals surface area contributed by atoms with Crippen molar-refractivity contribution in [2.75, 3.05) is 6.54 Å². The first-order chi connectivity index (χ1) is 6.72. The van der Waals surface area contributed by atoms with Crippen molar-refractivity contribution in [3.63, 3.8) is 0 Å². The summed E-state index contributed by atoms with van der Waals surface area (Å²) in [7, 11) is 0. The number of rotatable bonds is 3. The highest BCUT2D eigenvalue weighted by Crippen LogP contribution is 1.98. The van der Waals surface area contributed by atoms with E-state index in [0.717, 1.165) is 11.4 Å². The largest absolute Gasteiger partial charge is 0.368 e. The molecule has 0 aromatic carbocycles. The van der Waals surface area contributed by atoms with Crippen LogP contribution in [0.15, 0.2) is 23.2 Å². The van der Waals surface area contributed by atoms with Gasteiger partial charge in [-0.3, -0.25) is 15.2 Å². The molecule has 1 aromatic heterocycles. The maximum Gasteiger partial charge on any atom is 0.212 e. The van der Waals surface area contributed by atoms with Crippen molar-refractivity contribution in [1.29, 1.82) is 0 Å². The minimum absolute atomic E-state index is 0.0256. The van der Waals surface area contributed by atoms with Crippen LogP contribution in [0.25, 0.3) is 0 Å². The van der Waals surface area contributed by atoms with Gasteiger partial charge in [-0.15, -0.1) is 0 Å². The summed E-state index contributed by atoms with van der Waals surface area (Å²) in [5, 5.41) is 8.35. The Hall–Kier alpha value is -1.62. The molecule has 1 rings (SSSR count). The predicted octanol–water partition coefficient (Wildman–Crippen LogP) is 0.226. The van der Waals surface area contributed by atoms with Crippen LogP contribution in [0, 0.1) is 6.92 Å². The lowest BCUT2D eigenvalue weighted by Gasteiger charge is -2.00. The molecule has 0 unspecified atom stereocenters. The summed E-state index contributed by atoms with van der Waals surface area (Å²) < 4.78 is 0. The Balaban J connectivity index is 2.46. The number of aryl methyl sites for hydroxylation is 1. The van der Waals surface area contributed by atoms with Gasteiger partial charge in [0.1, 0.15) is 0 Å². The molecule has 14 heavy (non-hydrogen) atoms. The van der Waals surface area contributed by atoms with Crippen LogP contribution in [0.2, 0.25) is 0 Å². The lowest BCUT2D eigenvalue weighted by atomic mass is 10.2. The van der Waals surface area contributed by atoms with Gasteiger partial charge in [-0.05, 0) is 19.1 Å². The Kier molecular flexibility index (Phi) is 3.87. The van der Waals surface area contributed by atoms with Crippen LogP contribution in [0.3, 0.4) is 0 Å². The Morgan fingerprint density at radius 1 is 1.64 bits per heavy atom. The van der Waals surface area contributed by atoms with Crippen LogP contribution in [-0.4, -0.2) is 22.7 Å². The number of aliphatic imine (C=N–C) groups is 1. The van der Waals surface area contributed by atoms with Crippen molar-refractivity contribution in [3.8, 4) is 0 Å². The summed E-state index contributed by atoms with van der Waals surface area (Å²) >= 11 is 0. The smallest absolute Gasteiger partial charge is 0.212 e. The molecule has 1 aromatic rings. The van der Waals surface area contributed by atoms with Crippen LogP contribution in [0.5, 0.6) is 0 Å². The number of pyridine rings is 1. The number of hydrogen-bond donors (Lipinski definition) is 3. The van der Waals surface area contributed by atoms with Gasteiger partial charge in [0, 0.05) is 24.4 Å². The monoisotopic (exact) mass is 194 g/mol. The zero-order valence-corrected chi connectivity index (χ0v) is 8.07. The molecule has 0 spiro atoms. The van der Waals surface area contributed by atoms with Gasteiger partial charge in [0.15, 0.2) is 0 Å². The van der Waals surface area contributed by atoms with Gasteiger partial charge in [-0.1, -0.05) is 6.07 Å². The molecule has 0 aliphatic rings. The molecule has 0 aliphatic heterocycles. The summed E-state index contributed by atoms with van der Waals surface area (Å²) in [6.45, 7) is 2.45. The molecule has 0 aliphatic carbocycles. The first-order valence-corrected chi connectivity index (χ1v) is 4.35. The van der Waals surface area contributed by atoms with Gasteiger partial charge in [-0.25, -0.2) is 5.48 Å². The maximum atomic E-state index is 8.35. The van der Waals surface area contributed by atoms with Crippen LogP contribution in [0.4, 0.5) is 0 Å². The number of guanidine groups is 1. The number of nitrogens with one attached hydrogen (secondary N) is 1. The quantitative estimate of drug-likeness (QED) is 0.365. The van der Waals surface area contributed by atoms with Gasteiger partial charge in [0.25, 0.3) is 0 Å². The van der Waals surface area contributed by atoms with Crippen molar-refractivity contribution in [2.45, 2.75) is 13.3 Å². The normalized spacial score (nSPS) is 11.4. The van der Waals surface area contributed by atoms with Crippen molar-refractivity contribution < 1.29 is 5.21 Å². The van der Waals surface area contributed by atoms with Gasteiger partial charge in [-0.2, -0.15) is 0 Å². The van der Waals surface area contributed by atoms with Gasteiger partial charge >= 0.3 is 0 Å². The average Bonchev–Trinajstić information content (AvgIpc) is 2.17. The third kappa shape index (κ3) is 3.40. The van der Waals surface area contributed by atoms with Crippen LogP contribution >= 0.6 is 0 Å². The topological polar surface area (TPSA) is 83.5 Å². The highest BCUT2D eigenvalue weighted by molar-refractivity contribution is 5.76. The molecule has 5 heteroatoms. The van der Waals surface area contributed by atoms with E-state index in [1.54, 1.807) is 5.48 Å². The van der Waals surface area contributed by atoms with E-state index < -0.39 is 0 Å². The standard InChI is InChI=1S/C9H14N4O/c1-7-3-2-4-8(12-7)5-6-11-9(10)13-14/h2-4,14H,5-6H2,1H3,(H3,10,11,13). The van der Waals surface area contributed by atoms with Crippen LogP contribution < -0.4 is 11.2 Å². The summed E-state index contributed by atoms with van der Waals surface area (Å²) in [5.74, 6) is 0.0256. The third-order valence-electron chi connectivity index (χ3n) is 1.71. The van der Waals surface area contributed by atoms with Crippen molar-refractivity contribution in [3.05, 3.63) is 29.6 Å². The molecular formula is C9H14N4O. The zero-order valence-electron chi connectivity index (χ0n) is 8.07. The molecule has 0 bridgehead atoms. The summed E-state index contributed by atoms with van der Waals surface area (Å²) in [6.07, 6.45) is 0.712. The molecule has 0 saturated heterocycles. The second-order valence-corrected chi connectivity index (χ2v) is 2.90. The molecule has 0 atom stereocenters. The highest BCUT2D eigenvalue weighted by atomic mass is 16.5. The Morgan fingerprint density at radius 2 is 2.43 bits per heavy atom. The predicted molar refractivity (Wildman–Crippen MR) is 54.1 cm³/mol. The molecule has 76 valence electrons.